The third kappa shape index (κ3) is 1.24. The minimum absolute atomic E-state index is 0.627. The zero-order valence-electron chi connectivity index (χ0n) is 6.14. The summed E-state index contributed by atoms with van der Waals surface area (Å²) in [5.74, 6) is -0.627. The van der Waals surface area contributed by atoms with Gasteiger partial charge in [-0.2, -0.15) is 0 Å². The summed E-state index contributed by atoms with van der Waals surface area (Å²) in [7, 11) is 0. The molecule has 13 heavy (non-hydrogen) atoms. The van der Waals surface area contributed by atoms with Gasteiger partial charge < -0.3 is 4.74 Å². The zero-order chi connectivity index (χ0) is 9.85. The highest BCUT2D eigenvalue weighted by atomic mass is 35.5. The Kier molecular flexibility index (Phi) is 2.14. The SMILES string of the molecule is O=C1C(Cl)(Cl)[C@@H]2C=C[C@H](O2)C1(Cl)Cl. The molecule has 2 nitrogen and oxygen atoms in total. The van der Waals surface area contributed by atoms with Gasteiger partial charge in [-0.1, -0.05) is 58.6 Å². The number of ketones is 1. The molecule has 6 heteroatoms. The zero-order valence-corrected chi connectivity index (χ0v) is 9.16. The van der Waals surface area contributed by atoms with E-state index in [1.807, 2.05) is 0 Å². The monoisotopic (exact) mass is 260 g/mol. The Morgan fingerprint density at radius 2 is 1.46 bits per heavy atom. The van der Waals surface area contributed by atoms with Crippen molar-refractivity contribution in [2.24, 2.45) is 0 Å². The highest BCUT2D eigenvalue weighted by Crippen LogP contribution is 2.49. The minimum atomic E-state index is -1.69. The van der Waals surface area contributed by atoms with Crippen molar-refractivity contribution >= 4 is 52.2 Å². The second-order valence-electron chi connectivity index (χ2n) is 2.94. The summed E-state index contributed by atoms with van der Waals surface area (Å²) in [6.07, 6.45) is 1.88. The molecule has 0 aromatic heterocycles. The molecule has 0 N–H and O–H groups in total. The molecular weight excluding hydrogens is 258 g/mol. The van der Waals surface area contributed by atoms with Crippen LogP contribution in [0.25, 0.3) is 0 Å². The van der Waals surface area contributed by atoms with Crippen molar-refractivity contribution in [2.45, 2.75) is 20.9 Å². The molecule has 0 unspecified atom stereocenters. The van der Waals surface area contributed by atoms with Crippen molar-refractivity contribution < 1.29 is 9.53 Å². The molecule has 0 amide bonds. The van der Waals surface area contributed by atoms with Crippen molar-refractivity contribution in [3.8, 4) is 0 Å². The molecule has 2 aliphatic rings. The van der Waals surface area contributed by atoms with E-state index in [0.29, 0.717) is 0 Å². The van der Waals surface area contributed by atoms with E-state index in [0.717, 1.165) is 0 Å². The number of rotatable bonds is 0. The van der Waals surface area contributed by atoms with Gasteiger partial charge in [0.2, 0.25) is 14.4 Å². The van der Waals surface area contributed by atoms with Gasteiger partial charge in [0.15, 0.2) is 0 Å². The predicted molar refractivity (Wildman–Crippen MR) is 51.7 cm³/mol. The maximum atomic E-state index is 11.6. The smallest absolute Gasteiger partial charge is 0.210 e. The van der Waals surface area contributed by atoms with Crippen LogP contribution in [-0.2, 0) is 9.53 Å². The number of hydrogen-bond acceptors (Lipinski definition) is 2. The third-order valence-corrected chi connectivity index (χ3v) is 3.62. The quantitative estimate of drug-likeness (QED) is 0.494. The van der Waals surface area contributed by atoms with Gasteiger partial charge in [0.05, 0.1) is 0 Å². The number of alkyl halides is 4. The van der Waals surface area contributed by atoms with Crippen LogP contribution in [0, 0.1) is 0 Å². The highest BCUT2D eigenvalue weighted by Gasteiger charge is 2.62. The van der Waals surface area contributed by atoms with Gasteiger partial charge in [-0.25, -0.2) is 0 Å². The summed E-state index contributed by atoms with van der Waals surface area (Å²) in [6.45, 7) is 0. The number of carbonyl (C=O) groups excluding carboxylic acids is 1. The number of Topliss-reactive ketones (excluding diaryl/α,β-unsaturated/α-hetero) is 1. The fraction of sp³-hybridized carbons (Fsp3) is 0.571. The van der Waals surface area contributed by atoms with E-state index in [4.69, 9.17) is 51.1 Å². The van der Waals surface area contributed by atoms with Crippen LogP contribution >= 0.6 is 46.4 Å². The molecule has 2 bridgehead atoms. The van der Waals surface area contributed by atoms with Crippen LogP contribution in [-0.4, -0.2) is 26.7 Å². The van der Waals surface area contributed by atoms with E-state index < -0.39 is 26.7 Å². The first-order valence-corrected chi connectivity index (χ1v) is 5.02. The summed E-state index contributed by atoms with van der Waals surface area (Å²) in [5, 5.41) is 0. The minimum Gasteiger partial charge on any atom is -0.360 e. The van der Waals surface area contributed by atoms with Crippen molar-refractivity contribution in [2.75, 3.05) is 0 Å². The Morgan fingerprint density at radius 1 is 1.08 bits per heavy atom. The molecule has 0 saturated carbocycles. The molecule has 0 aromatic carbocycles. The molecule has 0 aliphatic carbocycles. The van der Waals surface area contributed by atoms with E-state index in [-0.39, 0.29) is 0 Å². The van der Waals surface area contributed by atoms with Gasteiger partial charge in [-0.15, -0.1) is 0 Å². The lowest BCUT2D eigenvalue weighted by Crippen LogP contribution is -2.57. The fourth-order valence-corrected chi connectivity index (χ4v) is 2.63. The van der Waals surface area contributed by atoms with Crippen LogP contribution in [0.5, 0.6) is 0 Å². The van der Waals surface area contributed by atoms with Crippen molar-refractivity contribution in [3.05, 3.63) is 12.2 Å². The van der Waals surface area contributed by atoms with Crippen LogP contribution in [0.4, 0.5) is 0 Å². The molecule has 2 heterocycles. The van der Waals surface area contributed by atoms with E-state index in [1.165, 1.54) is 0 Å². The number of halogens is 4. The summed E-state index contributed by atoms with van der Waals surface area (Å²) in [4.78, 5) is 11.6. The summed E-state index contributed by atoms with van der Waals surface area (Å²) < 4.78 is 1.86. The first kappa shape index (κ1) is 10.1. The maximum Gasteiger partial charge on any atom is 0.210 e. The van der Waals surface area contributed by atoms with Gasteiger partial charge >= 0.3 is 0 Å². The van der Waals surface area contributed by atoms with Crippen LogP contribution in [0.1, 0.15) is 0 Å². The second-order valence-corrected chi connectivity index (χ2v) is 5.71. The summed E-state index contributed by atoms with van der Waals surface area (Å²) >= 11 is 23.1. The summed E-state index contributed by atoms with van der Waals surface area (Å²) in [6, 6.07) is 0. The molecule has 0 spiro atoms. The molecule has 1 fully saturated rings. The van der Waals surface area contributed by atoms with Crippen molar-refractivity contribution in [3.63, 3.8) is 0 Å². The van der Waals surface area contributed by atoms with E-state index in [1.54, 1.807) is 12.2 Å². The second kappa shape index (κ2) is 2.77. The first-order chi connectivity index (χ1) is 5.87. The van der Waals surface area contributed by atoms with Crippen LogP contribution < -0.4 is 0 Å². The molecule has 2 aliphatic heterocycles. The van der Waals surface area contributed by atoms with Gasteiger partial charge in [0, 0.05) is 0 Å². The number of fused-ring (bicyclic) bond motifs is 2. The first-order valence-electron chi connectivity index (χ1n) is 3.51. The lowest BCUT2D eigenvalue weighted by molar-refractivity contribution is -0.131. The van der Waals surface area contributed by atoms with E-state index in [2.05, 4.69) is 0 Å². The lowest BCUT2D eigenvalue weighted by atomic mass is 10.1. The molecule has 0 aromatic rings. The van der Waals surface area contributed by atoms with E-state index >= 15 is 0 Å². The molecular formula is C7H4Cl4O2. The third-order valence-electron chi connectivity index (χ3n) is 2.07. The van der Waals surface area contributed by atoms with Gasteiger partial charge in [0.25, 0.3) is 0 Å². The van der Waals surface area contributed by atoms with Crippen molar-refractivity contribution in [1.29, 1.82) is 0 Å². The average molecular weight is 262 g/mol. The highest BCUT2D eigenvalue weighted by molar-refractivity contribution is 6.69. The largest absolute Gasteiger partial charge is 0.360 e. The lowest BCUT2D eigenvalue weighted by Gasteiger charge is -2.37. The normalized spacial score (nSPS) is 39.5. The van der Waals surface area contributed by atoms with Crippen LogP contribution in [0.3, 0.4) is 0 Å². The number of hydrogen-bond donors (Lipinski definition) is 0. The Balaban J connectivity index is 2.47. The Bertz CT molecular complexity index is 271. The molecule has 0 radical (unpaired) electrons. The fourth-order valence-electron chi connectivity index (χ4n) is 1.34. The topological polar surface area (TPSA) is 26.3 Å². The molecule has 2 atom stereocenters. The Hall–Kier alpha value is 0.530. The average Bonchev–Trinajstić information content (AvgIpc) is 2.48. The van der Waals surface area contributed by atoms with Crippen molar-refractivity contribution in [1.82, 2.24) is 0 Å². The predicted octanol–water partition coefficient (Wildman–Crippen LogP) is 2.24. The van der Waals surface area contributed by atoms with Gasteiger partial charge in [-0.05, 0) is 0 Å². The van der Waals surface area contributed by atoms with Crippen LogP contribution in [0.15, 0.2) is 12.2 Å². The van der Waals surface area contributed by atoms with Gasteiger partial charge in [-0.3, -0.25) is 4.79 Å². The van der Waals surface area contributed by atoms with Crippen LogP contribution in [0.2, 0.25) is 0 Å². The van der Waals surface area contributed by atoms with E-state index in [9.17, 15) is 4.79 Å². The number of carbonyl (C=O) groups is 1. The maximum absolute atomic E-state index is 11.6. The standard InChI is InChI=1S/C7H4Cl4O2/c8-6(9)3-1-2-4(13-3)7(10,11)5(6)12/h1-4H/t3-,4-/m0/s1. The molecule has 1 saturated heterocycles. The molecule has 2 rings (SSSR count). The van der Waals surface area contributed by atoms with Gasteiger partial charge in [0.1, 0.15) is 12.2 Å². The summed E-state index contributed by atoms with van der Waals surface area (Å²) in [5.41, 5.74) is 0. The Labute approximate surface area is 94.7 Å². The molecule has 72 valence electrons. The number of ether oxygens (including phenoxy) is 1. The Morgan fingerprint density at radius 3 is 1.85 bits per heavy atom.